The Hall–Kier alpha value is -2.97. The van der Waals surface area contributed by atoms with Gasteiger partial charge in [-0.05, 0) is 29.2 Å². The summed E-state index contributed by atoms with van der Waals surface area (Å²) in [6.07, 6.45) is -0.403. The molecule has 2 aromatic carbocycles. The molecule has 1 saturated heterocycles. The lowest BCUT2D eigenvalue weighted by molar-refractivity contribution is -0.150. The van der Waals surface area contributed by atoms with E-state index in [9.17, 15) is 19.6 Å². The largest absolute Gasteiger partial charge is 0.463 e. The first-order valence-corrected chi connectivity index (χ1v) is 10.8. The van der Waals surface area contributed by atoms with E-state index in [4.69, 9.17) is 9.47 Å². The fourth-order valence-corrected chi connectivity index (χ4v) is 3.88. The molecule has 0 spiro atoms. The molecule has 3 rings (SSSR count). The van der Waals surface area contributed by atoms with Crippen LogP contribution < -0.4 is 10.8 Å². The Kier molecular flexibility index (Phi) is 7.48. The second kappa shape index (κ2) is 10.1. The van der Waals surface area contributed by atoms with Gasteiger partial charge in [0.25, 0.3) is 5.91 Å². The molecule has 2 amide bonds. The third-order valence-corrected chi connectivity index (χ3v) is 5.73. The summed E-state index contributed by atoms with van der Waals surface area (Å²) in [6, 6.07) is 12.7. The molecule has 1 aliphatic rings. The quantitative estimate of drug-likeness (QED) is 0.312. The molecular formula is C24H30N2O6. The van der Waals surface area contributed by atoms with Crippen LogP contribution in [0.4, 0.5) is 0 Å². The zero-order valence-corrected chi connectivity index (χ0v) is 18.6. The van der Waals surface area contributed by atoms with Crippen molar-refractivity contribution in [3.05, 3.63) is 48.0 Å². The number of benzene rings is 2. The van der Waals surface area contributed by atoms with Gasteiger partial charge in [-0.2, -0.15) is 0 Å². The first-order chi connectivity index (χ1) is 15.3. The van der Waals surface area contributed by atoms with Crippen molar-refractivity contribution in [2.75, 3.05) is 13.2 Å². The van der Waals surface area contributed by atoms with E-state index in [0.717, 1.165) is 16.3 Å². The highest BCUT2D eigenvalue weighted by atomic mass is 16.5. The normalized spacial score (nSPS) is 19.2. The van der Waals surface area contributed by atoms with Gasteiger partial charge in [0.15, 0.2) is 0 Å². The van der Waals surface area contributed by atoms with Crippen LogP contribution in [0.25, 0.3) is 10.8 Å². The summed E-state index contributed by atoms with van der Waals surface area (Å²) in [5.74, 6) is -2.85. The number of fused-ring (bicyclic) bond motifs is 1. The van der Waals surface area contributed by atoms with Crippen LogP contribution in [0, 0.1) is 11.3 Å². The number of cyclic esters (lactones) is 1. The molecule has 0 aliphatic carbocycles. The van der Waals surface area contributed by atoms with E-state index in [1.165, 1.54) is 0 Å². The zero-order valence-electron chi connectivity index (χ0n) is 18.6. The maximum absolute atomic E-state index is 13.2. The molecule has 3 atom stereocenters. The summed E-state index contributed by atoms with van der Waals surface area (Å²) in [5, 5.41) is 14.1. The molecular weight excluding hydrogens is 412 g/mol. The predicted octanol–water partition coefficient (Wildman–Crippen LogP) is 2.37. The first-order valence-electron chi connectivity index (χ1n) is 10.8. The van der Waals surface area contributed by atoms with Gasteiger partial charge in [-0.15, -0.1) is 0 Å². The molecule has 32 heavy (non-hydrogen) atoms. The molecule has 8 heteroatoms. The molecule has 3 N–H and O–H groups in total. The van der Waals surface area contributed by atoms with E-state index in [0.29, 0.717) is 6.42 Å². The van der Waals surface area contributed by atoms with Crippen molar-refractivity contribution in [1.29, 1.82) is 0 Å². The predicted molar refractivity (Wildman–Crippen MR) is 118 cm³/mol. The van der Waals surface area contributed by atoms with Gasteiger partial charge in [0.2, 0.25) is 5.91 Å². The minimum absolute atomic E-state index is 0.164. The van der Waals surface area contributed by atoms with Crippen molar-refractivity contribution in [1.82, 2.24) is 10.8 Å². The Labute approximate surface area is 187 Å². The van der Waals surface area contributed by atoms with Crippen LogP contribution in [0.2, 0.25) is 0 Å². The Bertz CT molecular complexity index is 989. The number of esters is 1. The molecule has 1 heterocycles. The number of hydroxylamine groups is 1. The first kappa shape index (κ1) is 23.7. The fourth-order valence-electron chi connectivity index (χ4n) is 3.88. The molecule has 2 aromatic rings. The molecule has 0 saturated carbocycles. The molecule has 172 valence electrons. The van der Waals surface area contributed by atoms with Crippen molar-refractivity contribution >= 4 is 28.6 Å². The van der Waals surface area contributed by atoms with E-state index in [-0.39, 0.29) is 19.6 Å². The summed E-state index contributed by atoms with van der Waals surface area (Å²) < 4.78 is 10.9. The lowest BCUT2D eigenvalue weighted by atomic mass is 9.86. The smallest absolute Gasteiger partial charge is 0.329 e. The fraction of sp³-hybridized carbons (Fsp3) is 0.458. The number of amides is 2. The molecule has 0 radical (unpaired) electrons. The molecule has 1 aliphatic heterocycles. The highest BCUT2D eigenvalue weighted by Gasteiger charge is 2.46. The van der Waals surface area contributed by atoms with Gasteiger partial charge in [-0.1, -0.05) is 63.2 Å². The maximum atomic E-state index is 13.2. The van der Waals surface area contributed by atoms with Gasteiger partial charge in [0.1, 0.15) is 12.1 Å². The number of hydrogen-bond donors (Lipinski definition) is 3. The summed E-state index contributed by atoms with van der Waals surface area (Å²) in [5.41, 5.74) is 1.89. The van der Waals surface area contributed by atoms with E-state index in [1.54, 1.807) is 5.48 Å². The average molecular weight is 443 g/mol. The van der Waals surface area contributed by atoms with E-state index in [2.05, 4.69) is 5.32 Å². The average Bonchev–Trinajstić information content (AvgIpc) is 3.04. The third kappa shape index (κ3) is 5.26. The highest BCUT2D eigenvalue weighted by molar-refractivity contribution is 5.92. The summed E-state index contributed by atoms with van der Waals surface area (Å²) in [4.78, 5) is 37.9. The van der Waals surface area contributed by atoms with Crippen LogP contribution in [-0.2, 0) is 30.3 Å². The van der Waals surface area contributed by atoms with Gasteiger partial charge in [0.05, 0.1) is 12.5 Å². The Morgan fingerprint density at radius 2 is 1.91 bits per heavy atom. The third-order valence-electron chi connectivity index (χ3n) is 5.73. The van der Waals surface area contributed by atoms with Crippen molar-refractivity contribution in [2.24, 2.45) is 11.3 Å². The Morgan fingerprint density at radius 1 is 1.19 bits per heavy atom. The number of carbonyl (C=O) groups is 3. The van der Waals surface area contributed by atoms with Crippen LogP contribution in [-0.4, -0.2) is 48.4 Å². The van der Waals surface area contributed by atoms with E-state index < -0.39 is 41.3 Å². The number of hydrogen-bond acceptors (Lipinski definition) is 6. The zero-order chi connectivity index (χ0) is 23.3. The van der Waals surface area contributed by atoms with Crippen molar-refractivity contribution in [3.63, 3.8) is 0 Å². The molecule has 0 unspecified atom stereocenters. The maximum Gasteiger partial charge on any atom is 0.329 e. The van der Waals surface area contributed by atoms with Crippen LogP contribution in [0.15, 0.2) is 42.5 Å². The van der Waals surface area contributed by atoms with Gasteiger partial charge >= 0.3 is 5.97 Å². The van der Waals surface area contributed by atoms with E-state index >= 15 is 0 Å². The topological polar surface area (TPSA) is 114 Å². The van der Waals surface area contributed by atoms with Gasteiger partial charge in [-0.25, -0.2) is 10.3 Å². The minimum Gasteiger partial charge on any atom is -0.463 e. The number of rotatable bonds is 9. The second-order valence-corrected chi connectivity index (χ2v) is 8.80. The highest BCUT2D eigenvalue weighted by Crippen LogP contribution is 2.29. The standard InChI is InChI=1S/C24H30N2O6/c1-4-11-31-19(22(28)25-20-23(29)32-14-24(20,2)3)18(21(27)26-30)13-15-9-10-16-7-5-6-8-17(16)12-15/h5-10,12,18-20,30H,4,11,13-14H2,1-3H3,(H,25,28)(H,26,27)/t18-,19+,20+/m0/s1. The number of nitrogens with one attached hydrogen (secondary N) is 2. The molecule has 0 aromatic heterocycles. The van der Waals surface area contributed by atoms with Crippen LogP contribution >= 0.6 is 0 Å². The van der Waals surface area contributed by atoms with E-state index in [1.807, 2.05) is 63.2 Å². The van der Waals surface area contributed by atoms with Crippen molar-refractivity contribution in [2.45, 2.75) is 45.8 Å². The number of carbonyl (C=O) groups excluding carboxylic acids is 3. The van der Waals surface area contributed by atoms with Gasteiger partial charge in [-0.3, -0.25) is 14.8 Å². The van der Waals surface area contributed by atoms with Crippen LogP contribution in [0.5, 0.6) is 0 Å². The second-order valence-electron chi connectivity index (χ2n) is 8.80. The van der Waals surface area contributed by atoms with Crippen LogP contribution in [0.3, 0.4) is 0 Å². The van der Waals surface area contributed by atoms with Crippen LogP contribution in [0.1, 0.15) is 32.8 Å². The summed E-state index contributed by atoms with van der Waals surface area (Å²) >= 11 is 0. The van der Waals surface area contributed by atoms with Gasteiger partial charge < -0.3 is 14.8 Å². The molecule has 0 bridgehead atoms. The monoisotopic (exact) mass is 442 g/mol. The minimum atomic E-state index is -1.20. The molecule has 1 fully saturated rings. The summed E-state index contributed by atoms with van der Waals surface area (Å²) in [6.45, 7) is 5.95. The Balaban J connectivity index is 1.87. The Morgan fingerprint density at radius 3 is 2.53 bits per heavy atom. The number of ether oxygens (including phenoxy) is 2. The lowest BCUT2D eigenvalue weighted by Crippen LogP contribution is -2.54. The lowest BCUT2D eigenvalue weighted by Gasteiger charge is -2.28. The van der Waals surface area contributed by atoms with Gasteiger partial charge in [0, 0.05) is 12.0 Å². The summed E-state index contributed by atoms with van der Waals surface area (Å²) in [7, 11) is 0. The van der Waals surface area contributed by atoms with Crippen molar-refractivity contribution in [3.8, 4) is 0 Å². The SMILES string of the molecule is CCCO[C@@H](C(=O)N[C@@H]1C(=O)OCC1(C)C)[C@H](Cc1ccc2ccccc2c1)C(=O)NO. The molecule has 8 nitrogen and oxygen atoms in total. The van der Waals surface area contributed by atoms with Crippen molar-refractivity contribution < 1.29 is 29.1 Å².